The summed E-state index contributed by atoms with van der Waals surface area (Å²) in [5, 5.41) is 8.34. The number of nitrogens with one attached hydrogen (secondary N) is 2. The van der Waals surface area contributed by atoms with Gasteiger partial charge in [0, 0.05) is 41.3 Å². The zero-order valence-corrected chi connectivity index (χ0v) is 17.9. The van der Waals surface area contributed by atoms with Crippen LogP contribution in [0.3, 0.4) is 0 Å². The van der Waals surface area contributed by atoms with Crippen molar-refractivity contribution in [2.75, 3.05) is 11.4 Å². The van der Waals surface area contributed by atoms with E-state index in [0.29, 0.717) is 6.04 Å². The number of hydrogen-bond donors (Lipinski definition) is 2. The smallest absolute Gasteiger partial charge is 0.0922 e. The van der Waals surface area contributed by atoms with Gasteiger partial charge in [-0.25, -0.2) is 9.29 Å². The molecule has 0 fully saturated rings. The highest BCUT2D eigenvalue weighted by atomic mass is 32.2. The Bertz CT molecular complexity index is 1110. The summed E-state index contributed by atoms with van der Waals surface area (Å²) < 4.78 is 2.51. The standard InChI is InChI=1S/C23H26N6S/c1-2-5-20-15-28(30-21-8-9-22-18(10-21)11-26-27-22)13-17-6-3-4-7-23(17)29(20)14-19-12-24-16-25-19/h3-4,6-12,16,20H,2,5,13-15H2,1H3,(H,24,25)(H,26,27). The van der Waals surface area contributed by atoms with Crippen molar-refractivity contribution in [1.29, 1.82) is 0 Å². The summed E-state index contributed by atoms with van der Waals surface area (Å²) in [4.78, 5) is 11.3. The minimum atomic E-state index is 0.437. The highest BCUT2D eigenvalue weighted by Crippen LogP contribution is 2.35. The molecule has 0 aliphatic carbocycles. The summed E-state index contributed by atoms with van der Waals surface area (Å²) in [6, 6.07) is 15.8. The molecule has 154 valence electrons. The lowest BCUT2D eigenvalue weighted by Gasteiger charge is -2.33. The Labute approximate surface area is 180 Å². The summed E-state index contributed by atoms with van der Waals surface area (Å²) in [6.45, 7) is 5.05. The number of anilines is 1. The SMILES string of the molecule is CCCC1CN(Sc2ccc3[nH]ncc3c2)Cc2ccccc2N1Cc1cnc[nH]1. The van der Waals surface area contributed by atoms with Crippen LogP contribution in [0.4, 0.5) is 5.69 Å². The molecule has 0 saturated carbocycles. The molecule has 7 heteroatoms. The first kappa shape index (κ1) is 19.2. The van der Waals surface area contributed by atoms with E-state index in [1.807, 2.05) is 24.3 Å². The Hall–Kier alpha value is -2.77. The van der Waals surface area contributed by atoms with Gasteiger partial charge in [-0.05, 0) is 48.2 Å². The highest BCUT2D eigenvalue weighted by Gasteiger charge is 2.28. The monoisotopic (exact) mass is 418 g/mol. The number of hydrogen-bond acceptors (Lipinski definition) is 5. The lowest BCUT2D eigenvalue weighted by molar-refractivity contribution is 0.405. The molecule has 2 N–H and O–H groups in total. The number of fused-ring (bicyclic) bond motifs is 2. The Morgan fingerprint density at radius 2 is 2.10 bits per heavy atom. The van der Waals surface area contributed by atoms with Crippen LogP contribution in [-0.2, 0) is 13.1 Å². The second-order valence-electron chi connectivity index (χ2n) is 7.81. The molecule has 2 aromatic heterocycles. The molecule has 6 nitrogen and oxygen atoms in total. The molecule has 1 unspecified atom stereocenters. The third-order valence-electron chi connectivity index (χ3n) is 5.67. The number of imidazole rings is 1. The number of aromatic nitrogens is 4. The molecule has 0 spiro atoms. The minimum absolute atomic E-state index is 0.437. The fraction of sp³-hybridized carbons (Fsp3) is 0.304. The van der Waals surface area contributed by atoms with Crippen molar-refractivity contribution in [3.8, 4) is 0 Å². The van der Waals surface area contributed by atoms with E-state index in [2.05, 4.69) is 78.8 Å². The predicted molar refractivity (Wildman–Crippen MR) is 122 cm³/mol. The third-order valence-corrected chi connectivity index (χ3v) is 6.67. The molecule has 0 saturated heterocycles. The quantitative estimate of drug-likeness (QED) is 0.432. The van der Waals surface area contributed by atoms with Crippen molar-refractivity contribution in [2.24, 2.45) is 0 Å². The number of rotatable bonds is 6. The van der Waals surface area contributed by atoms with Crippen molar-refractivity contribution in [1.82, 2.24) is 24.5 Å². The number of H-pyrrole nitrogens is 2. The van der Waals surface area contributed by atoms with Gasteiger partial charge >= 0.3 is 0 Å². The molecular formula is C23H26N6S. The minimum Gasteiger partial charge on any atom is -0.361 e. The third kappa shape index (κ3) is 3.95. The molecule has 1 aliphatic heterocycles. The van der Waals surface area contributed by atoms with Gasteiger partial charge in [0.05, 0.1) is 30.3 Å². The maximum atomic E-state index is 4.22. The average Bonchev–Trinajstić information content (AvgIpc) is 3.41. The van der Waals surface area contributed by atoms with Crippen LogP contribution >= 0.6 is 11.9 Å². The van der Waals surface area contributed by atoms with Crippen molar-refractivity contribution < 1.29 is 0 Å². The topological polar surface area (TPSA) is 63.8 Å². The fourth-order valence-corrected chi connectivity index (χ4v) is 5.31. The molecule has 1 aliphatic rings. The molecule has 3 heterocycles. The Morgan fingerprint density at radius 1 is 1.17 bits per heavy atom. The van der Waals surface area contributed by atoms with E-state index >= 15 is 0 Å². The maximum Gasteiger partial charge on any atom is 0.0922 e. The van der Waals surface area contributed by atoms with E-state index in [0.717, 1.165) is 49.1 Å². The van der Waals surface area contributed by atoms with Crippen LogP contribution in [0.15, 0.2) is 66.1 Å². The first-order valence-electron chi connectivity index (χ1n) is 10.5. The molecule has 5 rings (SSSR count). The van der Waals surface area contributed by atoms with Gasteiger partial charge < -0.3 is 9.88 Å². The van der Waals surface area contributed by atoms with Gasteiger partial charge in [0.1, 0.15) is 0 Å². The van der Waals surface area contributed by atoms with Crippen LogP contribution in [0.25, 0.3) is 10.9 Å². The van der Waals surface area contributed by atoms with Crippen LogP contribution in [0, 0.1) is 0 Å². The van der Waals surface area contributed by atoms with E-state index < -0.39 is 0 Å². The van der Waals surface area contributed by atoms with Gasteiger partial charge in [-0.15, -0.1) is 0 Å². The van der Waals surface area contributed by atoms with Crippen LogP contribution in [0.5, 0.6) is 0 Å². The first-order valence-corrected chi connectivity index (χ1v) is 11.3. The molecule has 0 bridgehead atoms. The Morgan fingerprint density at radius 3 is 2.97 bits per heavy atom. The zero-order chi connectivity index (χ0) is 20.3. The summed E-state index contributed by atoms with van der Waals surface area (Å²) in [5.41, 5.74) is 4.93. The van der Waals surface area contributed by atoms with Gasteiger partial charge in [0.15, 0.2) is 0 Å². The molecule has 1 atom stereocenters. The van der Waals surface area contributed by atoms with E-state index in [4.69, 9.17) is 0 Å². The zero-order valence-electron chi connectivity index (χ0n) is 17.1. The predicted octanol–water partition coefficient (Wildman–Crippen LogP) is 4.98. The lowest BCUT2D eigenvalue weighted by atomic mass is 10.1. The van der Waals surface area contributed by atoms with Gasteiger partial charge in [-0.3, -0.25) is 5.10 Å². The second-order valence-corrected chi connectivity index (χ2v) is 8.98. The Balaban J connectivity index is 1.46. The Kier molecular flexibility index (Phi) is 5.46. The van der Waals surface area contributed by atoms with Crippen molar-refractivity contribution in [3.05, 3.63) is 72.4 Å². The number of para-hydroxylation sites is 1. The molecule has 0 radical (unpaired) electrons. The van der Waals surface area contributed by atoms with E-state index in [-0.39, 0.29) is 0 Å². The van der Waals surface area contributed by atoms with E-state index in [1.54, 1.807) is 6.33 Å². The lowest BCUT2D eigenvalue weighted by Crippen LogP contribution is -2.40. The van der Waals surface area contributed by atoms with Gasteiger partial charge in [0.2, 0.25) is 0 Å². The second kappa shape index (κ2) is 8.53. The molecule has 2 aromatic carbocycles. The van der Waals surface area contributed by atoms with Crippen LogP contribution in [0.2, 0.25) is 0 Å². The van der Waals surface area contributed by atoms with Gasteiger partial charge in [-0.1, -0.05) is 31.5 Å². The fourth-order valence-electron chi connectivity index (χ4n) is 4.26. The summed E-state index contributed by atoms with van der Waals surface area (Å²) >= 11 is 1.84. The highest BCUT2D eigenvalue weighted by molar-refractivity contribution is 7.97. The van der Waals surface area contributed by atoms with E-state index in [9.17, 15) is 0 Å². The molecule has 4 aromatic rings. The number of nitrogens with zero attached hydrogens (tertiary/aromatic N) is 4. The number of aromatic amines is 2. The van der Waals surface area contributed by atoms with Crippen molar-refractivity contribution >= 4 is 28.5 Å². The molecular weight excluding hydrogens is 392 g/mol. The largest absolute Gasteiger partial charge is 0.361 e. The number of benzene rings is 2. The molecule has 0 amide bonds. The van der Waals surface area contributed by atoms with Crippen LogP contribution in [0.1, 0.15) is 31.0 Å². The van der Waals surface area contributed by atoms with Crippen molar-refractivity contribution in [3.63, 3.8) is 0 Å². The van der Waals surface area contributed by atoms with Gasteiger partial charge in [0.25, 0.3) is 0 Å². The maximum absolute atomic E-state index is 4.22. The molecule has 30 heavy (non-hydrogen) atoms. The first-order chi connectivity index (χ1) is 14.8. The summed E-state index contributed by atoms with van der Waals surface area (Å²) in [6.07, 6.45) is 7.90. The van der Waals surface area contributed by atoms with E-state index in [1.165, 1.54) is 16.1 Å². The van der Waals surface area contributed by atoms with Crippen LogP contribution in [-0.4, -0.2) is 37.1 Å². The summed E-state index contributed by atoms with van der Waals surface area (Å²) in [7, 11) is 0. The summed E-state index contributed by atoms with van der Waals surface area (Å²) in [5.74, 6) is 0. The normalized spacial score (nSPS) is 17.2. The van der Waals surface area contributed by atoms with Crippen LogP contribution < -0.4 is 4.90 Å². The average molecular weight is 419 g/mol. The van der Waals surface area contributed by atoms with Gasteiger partial charge in [-0.2, -0.15) is 5.10 Å². The van der Waals surface area contributed by atoms with Crippen molar-refractivity contribution in [2.45, 2.75) is 43.8 Å².